The molecule has 1 aromatic heterocycles. The molecule has 158 valence electrons. The summed E-state index contributed by atoms with van der Waals surface area (Å²) >= 11 is 0. The topological polar surface area (TPSA) is 39.9 Å². The van der Waals surface area contributed by atoms with Gasteiger partial charge in [-0.05, 0) is 72.9 Å². The van der Waals surface area contributed by atoms with Gasteiger partial charge in [0.25, 0.3) is 0 Å². The van der Waals surface area contributed by atoms with Crippen LogP contribution < -0.4 is 4.74 Å². The van der Waals surface area contributed by atoms with E-state index in [0.717, 1.165) is 34.5 Å². The van der Waals surface area contributed by atoms with Crippen molar-refractivity contribution < 1.29 is 4.74 Å². The Labute approximate surface area is 179 Å². The van der Waals surface area contributed by atoms with Crippen LogP contribution in [0, 0.1) is 5.92 Å². The number of fused-ring (bicyclic) bond motifs is 1. The molecule has 1 aliphatic carbocycles. The van der Waals surface area contributed by atoms with E-state index in [4.69, 9.17) is 14.9 Å². The third-order valence-corrected chi connectivity index (χ3v) is 5.87. The van der Waals surface area contributed by atoms with E-state index in [9.17, 15) is 0 Å². The van der Waals surface area contributed by atoms with Gasteiger partial charge < -0.3 is 4.74 Å². The van der Waals surface area contributed by atoms with Gasteiger partial charge in [-0.1, -0.05) is 57.9 Å². The predicted octanol–water partition coefficient (Wildman–Crippen LogP) is 6.62. The Balaban J connectivity index is 1.77. The summed E-state index contributed by atoms with van der Waals surface area (Å²) in [5, 5.41) is 9.74. The number of nitrogens with zero attached hydrogens (tertiary/aromatic N) is 3. The quantitative estimate of drug-likeness (QED) is 0.416. The zero-order valence-corrected chi connectivity index (χ0v) is 18.5. The first-order valence-electron chi connectivity index (χ1n) is 11.3. The monoisotopic (exact) mass is 403 g/mol. The summed E-state index contributed by atoms with van der Waals surface area (Å²) in [7, 11) is 0. The predicted molar refractivity (Wildman–Crippen MR) is 124 cm³/mol. The number of rotatable bonds is 7. The maximum atomic E-state index is 6.09. The van der Waals surface area contributed by atoms with E-state index in [1.807, 2.05) is 13.0 Å². The number of benzene rings is 2. The molecule has 0 unspecified atom stereocenters. The fourth-order valence-corrected chi connectivity index (χ4v) is 4.41. The number of aromatic nitrogens is 3. The maximum Gasteiger partial charge on any atom is 0.147 e. The van der Waals surface area contributed by atoms with Gasteiger partial charge in [-0.25, -0.2) is 0 Å². The minimum atomic E-state index is 0.495. The minimum absolute atomic E-state index is 0.495. The Morgan fingerprint density at radius 3 is 2.67 bits per heavy atom. The zero-order chi connectivity index (χ0) is 21.1. The second-order valence-corrected chi connectivity index (χ2v) is 9.18. The van der Waals surface area contributed by atoms with Crippen LogP contribution in [0.2, 0.25) is 0 Å². The summed E-state index contributed by atoms with van der Waals surface area (Å²) in [6.45, 7) is 10.9. The van der Waals surface area contributed by atoms with Crippen LogP contribution in [0.3, 0.4) is 0 Å². The van der Waals surface area contributed by atoms with E-state index in [1.165, 1.54) is 43.2 Å². The average Bonchev–Trinajstić information content (AvgIpc) is 3.18. The van der Waals surface area contributed by atoms with E-state index >= 15 is 0 Å². The van der Waals surface area contributed by atoms with Crippen LogP contribution in [0.25, 0.3) is 16.7 Å². The maximum absolute atomic E-state index is 6.09. The lowest BCUT2D eigenvalue weighted by Gasteiger charge is -2.23. The number of hydrogen-bond acceptors (Lipinski definition) is 3. The molecule has 0 bridgehead atoms. The molecule has 4 heteroatoms. The normalized spacial score (nSPS) is 15.1. The first kappa shape index (κ1) is 20.6. The number of hydrogen-bond donors (Lipinski definition) is 0. The van der Waals surface area contributed by atoms with Crippen molar-refractivity contribution in [1.82, 2.24) is 15.0 Å². The zero-order valence-electron chi connectivity index (χ0n) is 18.5. The van der Waals surface area contributed by atoms with Crippen LogP contribution in [-0.2, 0) is 6.42 Å². The molecule has 0 saturated heterocycles. The summed E-state index contributed by atoms with van der Waals surface area (Å²) in [5.41, 5.74) is 6.46. The van der Waals surface area contributed by atoms with Gasteiger partial charge in [0.15, 0.2) is 0 Å². The van der Waals surface area contributed by atoms with Crippen LogP contribution in [-0.4, -0.2) is 21.6 Å². The average molecular weight is 404 g/mol. The molecule has 0 N–H and O–H groups in total. The van der Waals surface area contributed by atoms with Gasteiger partial charge >= 0.3 is 0 Å². The van der Waals surface area contributed by atoms with Gasteiger partial charge in [0.1, 0.15) is 29.1 Å². The first-order chi connectivity index (χ1) is 14.5. The van der Waals surface area contributed by atoms with E-state index in [2.05, 4.69) is 50.8 Å². The molecule has 3 aromatic rings. The van der Waals surface area contributed by atoms with E-state index in [-0.39, 0.29) is 0 Å². The van der Waals surface area contributed by atoms with Gasteiger partial charge in [-0.15, -0.1) is 15.0 Å². The standard InChI is InChI=1S/C26H33N3O/c1-18(2)15-22-11-8-12-23-26(22)28-29(27-23)24-16-21(20-9-6-5-7-10-20)13-14-25(24)30-17-19(3)4/h8,11-14,16,18,20H,3,5-7,9-10,15,17H2,1-2,4H3. The fourth-order valence-electron chi connectivity index (χ4n) is 4.41. The Kier molecular flexibility index (Phi) is 6.21. The molecule has 1 aliphatic rings. The van der Waals surface area contributed by atoms with Crippen molar-refractivity contribution in [3.63, 3.8) is 0 Å². The smallest absolute Gasteiger partial charge is 0.147 e. The third kappa shape index (κ3) is 4.58. The van der Waals surface area contributed by atoms with Crippen molar-refractivity contribution in [1.29, 1.82) is 0 Å². The molecule has 1 fully saturated rings. The van der Waals surface area contributed by atoms with Gasteiger partial charge in [0, 0.05) is 0 Å². The Morgan fingerprint density at radius 1 is 1.13 bits per heavy atom. The SMILES string of the molecule is C=C(C)COc1ccc(C2CCCCC2)cc1-n1nc2cccc(CC(C)C)c2n1. The first-order valence-corrected chi connectivity index (χ1v) is 11.3. The summed E-state index contributed by atoms with van der Waals surface area (Å²) in [5.74, 6) is 2.00. The van der Waals surface area contributed by atoms with Crippen molar-refractivity contribution in [2.75, 3.05) is 6.61 Å². The highest BCUT2D eigenvalue weighted by molar-refractivity contribution is 5.78. The highest BCUT2D eigenvalue weighted by Gasteiger charge is 2.19. The summed E-state index contributed by atoms with van der Waals surface area (Å²) in [6, 6.07) is 12.8. The summed E-state index contributed by atoms with van der Waals surface area (Å²) < 4.78 is 6.09. The van der Waals surface area contributed by atoms with Gasteiger partial charge in [-0.2, -0.15) is 0 Å². The third-order valence-electron chi connectivity index (χ3n) is 5.87. The highest BCUT2D eigenvalue weighted by Crippen LogP contribution is 2.36. The van der Waals surface area contributed by atoms with E-state index in [0.29, 0.717) is 18.4 Å². The Bertz CT molecular complexity index is 1030. The molecule has 4 rings (SSSR count). The van der Waals surface area contributed by atoms with E-state index < -0.39 is 0 Å². The molecule has 2 aromatic carbocycles. The Morgan fingerprint density at radius 2 is 1.93 bits per heavy atom. The molecule has 0 spiro atoms. The summed E-state index contributed by atoms with van der Waals surface area (Å²) in [4.78, 5) is 1.77. The van der Waals surface area contributed by atoms with Gasteiger partial charge in [0.05, 0.1) is 0 Å². The van der Waals surface area contributed by atoms with Crippen LogP contribution in [0.1, 0.15) is 69.9 Å². The molecule has 30 heavy (non-hydrogen) atoms. The number of ether oxygens (including phenoxy) is 1. The molecule has 0 aliphatic heterocycles. The fraction of sp³-hybridized carbons (Fsp3) is 0.462. The molecule has 0 radical (unpaired) electrons. The molecular formula is C26H33N3O. The van der Waals surface area contributed by atoms with Gasteiger partial charge in [0.2, 0.25) is 0 Å². The lowest BCUT2D eigenvalue weighted by Crippen LogP contribution is -2.09. The van der Waals surface area contributed by atoms with Crippen molar-refractivity contribution in [3.05, 3.63) is 59.7 Å². The minimum Gasteiger partial charge on any atom is -0.487 e. The molecule has 0 amide bonds. The highest BCUT2D eigenvalue weighted by atomic mass is 16.5. The van der Waals surface area contributed by atoms with Crippen LogP contribution in [0.4, 0.5) is 0 Å². The summed E-state index contributed by atoms with van der Waals surface area (Å²) in [6.07, 6.45) is 7.51. The second kappa shape index (κ2) is 9.03. The Hall–Kier alpha value is -2.62. The van der Waals surface area contributed by atoms with Crippen LogP contribution >= 0.6 is 0 Å². The molecule has 1 heterocycles. The molecule has 0 atom stereocenters. The van der Waals surface area contributed by atoms with Crippen LogP contribution in [0.15, 0.2) is 48.6 Å². The van der Waals surface area contributed by atoms with Crippen molar-refractivity contribution in [2.45, 2.75) is 65.2 Å². The molecule has 1 saturated carbocycles. The lowest BCUT2D eigenvalue weighted by atomic mass is 9.84. The van der Waals surface area contributed by atoms with Gasteiger partial charge in [-0.3, -0.25) is 0 Å². The van der Waals surface area contributed by atoms with Crippen molar-refractivity contribution in [3.8, 4) is 11.4 Å². The van der Waals surface area contributed by atoms with E-state index in [1.54, 1.807) is 4.80 Å². The second-order valence-electron chi connectivity index (χ2n) is 9.18. The molecule has 4 nitrogen and oxygen atoms in total. The largest absolute Gasteiger partial charge is 0.487 e. The lowest BCUT2D eigenvalue weighted by molar-refractivity contribution is 0.349. The van der Waals surface area contributed by atoms with Crippen LogP contribution in [0.5, 0.6) is 5.75 Å². The van der Waals surface area contributed by atoms with Crippen molar-refractivity contribution in [2.24, 2.45) is 5.92 Å². The molecular weight excluding hydrogens is 370 g/mol. The van der Waals surface area contributed by atoms with Crippen molar-refractivity contribution >= 4 is 11.0 Å².